The second kappa shape index (κ2) is 16.6. The number of hydrogen-bond acceptors (Lipinski definition) is 6. The molecule has 1 aromatic heterocycles. The van der Waals surface area contributed by atoms with Gasteiger partial charge in [0.15, 0.2) is 5.82 Å². The van der Waals surface area contributed by atoms with Gasteiger partial charge in [-0.05, 0) is 44.2 Å². The van der Waals surface area contributed by atoms with E-state index in [9.17, 15) is 23.2 Å². The molecule has 4 rings (SSSR count). The van der Waals surface area contributed by atoms with Crippen molar-refractivity contribution in [2.75, 3.05) is 25.0 Å². The lowest BCUT2D eigenvalue weighted by molar-refractivity contribution is -0.135. The fourth-order valence-corrected chi connectivity index (χ4v) is 4.70. The molecule has 14 heteroatoms. The van der Waals surface area contributed by atoms with Gasteiger partial charge in [-0.2, -0.15) is 0 Å². The zero-order chi connectivity index (χ0) is 31.1. The molecule has 2 heterocycles. The Morgan fingerprint density at radius 3 is 2.38 bits per heavy atom. The number of hydrogen-bond donors (Lipinski definition) is 3. The smallest absolute Gasteiger partial charge is 0.250 e. The number of nitrogens with zero attached hydrogens (tertiary/aromatic N) is 3. The molecule has 3 amide bonds. The van der Waals surface area contributed by atoms with Gasteiger partial charge in [0.1, 0.15) is 23.7 Å². The van der Waals surface area contributed by atoms with E-state index < -0.39 is 41.1 Å². The summed E-state index contributed by atoms with van der Waals surface area (Å²) in [4.78, 5) is 45.5. The van der Waals surface area contributed by atoms with E-state index in [-0.39, 0.29) is 55.3 Å². The average Bonchev–Trinajstić information content (AvgIpc) is 3.41. The maximum absolute atomic E-state index is 15.0. The third kappa shape index (κ3) is 10.2. The summed E-state index contributed by atoms with van der Waals surface area (Å²) >= 11 is 0. The van der Waals surface area contributed by atoms with Crippen LogP contribution in [0.15, 0.2) is 61.1 Å². The van der Waals surface area contributed by atoms with Gasteiger partial charge >= 0.3 is 0 Å². The van der Waals surface area contributed by atoms with Gasteiger partial charge in [-0.3, -0.25) is 14.4 Å². The van der Waals surface area contributed by atoms with Crippen molar-refractivity contribution in [1.82, 2.24) is 19.8 Å². The standard InChI is InChI=1S/C31H38F2N6O4.2ClH/c1-20-11-13-38(14-12-20)29(41)27(23-10-9-22(32)15-24(23)33)39-16-26(35-19-39)37-28(40)25(36-30(42)31(2,3)34)18-43-17-21-7-5-4-6-8-21;;/h4-10,15-16,19-20,25,27H,11-14,17-18,34H2,1-3H3,(H,36,42)(H,37,40);2*1H/t25-,27?;;/m1../s1. The molecule has 2 atom stereocenters. The number of nitrogens with two attached hydrogens (primary N) is 1. The number of anilines is 1. The number of rotatable bonds is 11. The van der Waals surface area contributed by atoms with Gasteiger partial charge in [0.25, 0.3) is 5.91 Å². The molecule has 1 unspecified atom stereocenters. The predicted octanol–water partition coefficient (Wildman–Crippen LogP) is 4.23. The number of ether oxygens (including phenoxy) is 1. The molecule has 2 aromatic carbocycles. The normalized spacial score (nSPS) is 14.8. The van der Waals surface area contributed by atoms with E-state index in [0.29, 0.717) is 19.0 Å². The van der Waals surface area contributed by atoms with Crippen molar-refractivity contribution in [1.29, 1.82) is 0 Å². The summed E-state index contributed by atoms with van der Waals surface area (Å²) in [5.41, 5.74) is 5.53. The van der Waals surface area contributed by atoms with Crippen molar-refractivity contribution in [2.24, 2.45) is 11.7 Å². The minimum absolute atomic E-state index is 0. The Balaban J connectivity index is 0.00000353. The third-order valence-corrected chi connectivity index (χ3v) is 7.34. The van der Waals surface area contributed by atoms with E-state index in [1.807, 2.05) is 30.3 Å². The van der Waals surface area contributed by atoms with E-state index in [4.69, 9.17) is 10.5 Å². The lowest BCUT2D eigenvalue weighted by Crippen LogP contribution is -2.56. The number of nitrogens with one attached hydrogen (secondary N) is 2. The van der Waals surface area contributed by atoms with Crippen LogP contribution >= 0.6 is 24.8 Å². The van der Waals surface area contributed by atoms with Crippen molar-refractivity contribution < 1.29 is 27.9 Å². The van der Waals surface area contributed by atoms with E-state index in [0.717, 1.165) is 30.5 Å². The van der Waals surface area contributed by atoms with Crippen LogP contribution in [0.25, 0.3) is 0 Å². The van der Waals surface area contributed by atoms with Crippen LogP contribution in [0.5, 0.6) is 0 Å². The van der Waals surface area contributed by atoms with Crippen LogP contribution in [0.1, 0.15) is 50.8 Å². The van der Waals surface area contributed by atoms with Gasteiger partial charge < -0.3 is 30.6 Å². The highest BCUT2D eigenvalue weighted by Crippen LogP contribution is 2.28. The first-order valence-corrected chi connectivity index (χ1v) is 14.2. The second-order valence-electron chi connectivity index (χ2n) is 11.5. The van der Waals surface area contributed by atoms with Gasteiger partial charge in [0.05, 0.1) is 25.1 Å². The molecule has 1 fully saturated rings. The first kappa shape index (κ1) is 37.6. The molecule has 0 spiro atoms. The van der Waals surface area contributed by atoms with Gasteiger partial charge in [-0.1, -0.05) is 43.3 Å². The maximum Gasteiger partial charge on any atom is 0.250 e. The summed E-state index contributed by atoms with van der Waals surface area (Å²) in [5.74, 6) is -2.65. The molecule has 0 bridgehead atoms. The summed E-state index contributed by atoms with van der Waals surface area (Å²) in [7, 11) is 0. The molecule has 1 saturated heterocycles. The molecular weight excluding hydrogens is 629 g/mol. The molecule has 0 radical (unpaired) electrons. The molecule has 0 aliphatic carbocycles. The zero-order valence-corrected chi connectivity index (χ0v) is 27.0. The van der Waals surface area contributed by atoms with Crippen molar-refractivity contribution >= 4 is 48.4 Å². The number of aromatic nitrogens is 2. The van der Waals surface area contributed by atoms with Crippen LogP contribution < -0.4 is 16.4 Å². The zero-order valence-electron chi connectivity index (χ0n) is 25.4. The van der Waals surface area contributed by atoms with Gasteiger partial charge in [0.2, 0.25) is 11.8 Å². The minimum Gasteiger partial charge on any atom is -0.374 e. The summed E-state index contributed by atoms with van der Waals surface area (Å²) in [6, 6.07) is 10.1. The quantitative estimate of drug-likeness (QED) is 0.280. The molecule has 1 aliphatic rings. The van der Waals surface area contributed by atoms with Crippen molar-refractivity contribution in [3.8, 4) is 0 Å². The number of amides is 3. The van der Waals surface area contributed by atoms with Gasteiger partial charge in [0, 0.05) is 30.9 Å². The van der Waals surface area contributed by atoms with Crippen LogP contribution in [0.3, 0.4) is 0 Å². The Morgan fingerprint density at radius 2 is 1.76 bits per heavy atom. The summed E-state index contributed by atoms with van der Waals surface area (Å²) in [5, 5.41) is 5.25. The largest absolute Gasteiger partial charge is 0.374 e. The van der Waals surface area contributed by atoms with Crippen molar-refractivity contribution in [3.63, 3.8) is 0 Å². The third-order valence-electron chi connectivity index (χ3n) is 7.34. The molecular formula is C31H40Cl2F2N6O4. The summed E-state index contributed by atoms with van der Waals surface area (Å²) in [6.07, 6.45) is 4.33. The van der Waals surface area contributed by atoms with E-state index in [2.05, 4.69) is 22.5 Å². The summed E-state index contributed by atoms with van der Waals surface area (Å²) in [6.45, 7) is 6.22. The lowest BCUT2D eigenvalue weighted by Gasteiger charge is -2.33. The monoisotopic (exact) mass is 668 g/mol. The van der Waals surface area contributed by atoms with Crippen molar-refractivity contribution in [3.05, 3.63) is 83.8 Å². The van der Waals surface area contributed by atoms with E-state index in [1.54, 1.807) is 4.90 Å². The number of piperidine rings is 1. The molecule has 1 aliphatic heterocycles. The Hall–Kier alpha value is -3.58. The Bertz CT molecular complexity index is 1430. The highest BCUT2D eigenvalue weighted by Gasteiger charge is 2.33. The Labute approximate surface area is 273 Å². The highest BCUT2D eigenvalue weighted by molar-refractivity contribution is 5.98. The number of likely N-dealkylation sites (tertiary alicyclic amines) is 1. The first-order valence-electron chi connectivity index (χ1n) is 14.2. The number of carbonyl (C=O) groups excluding carboxylic acids is 3. The minimum atomic E-state index is -1.25. The molecule has 4 N–H and O–H groups in total. The lowest BCUT2D eigenvalue weighted by atomic mass is 9.97. The number of benzene rings is 2. The van der Waals surface area contributed by atoms with Crippen LogP contribution in [0.2, 0.25) is 0 Å². The molecule has 3 aromatic rings. The van der Waals surface area contributed by atoms with Crippen molar-refractivity contribution in [2.45, 2.75) is 57.8 Å². The highest BCUT2D eigenvalue weighted by atomic mass is 35.5. The molecule has 10 nitrogen and oxygen atoms in total. The molecule has 0 saturated carbocycles. The first-order chi connectivity index (χ1) is 20.4. The average molecular weight is 670 g/mol. The molecule has 246 valence electrons. The van der Waals surface area contributed by atoms with E-state index in [1.165, 1.54) is 37.0 Å². The predicted molar refractivity (Wildman–Crippen MR) is 171 cm³/mol. The fraction of sp³-hybridized carbons (Fsp3) is 0.419. The van der Waals surface area contributed by atoms with Crippen LogP contribution in [-0.2, 0) is 25.7 Å². The number of imidazole rings is 1. The topological polar surface area (TPSA) is 132 Å². The van der Waals surface area contributed by atoms with Crippen LogP contribution in [0.4, 0.5) is 14.6 Å². The van der Waals surface area contributed by atoms with E-state index >= 15 is 0 Å². The number of halogens is 4. The van der Waals surface area contributed by atoms with Gasteiger partial charge in [-0.25, -0.2) is 13.8 Å². The molecule has 45 heavy (non-hydrogen) atoms. The second-order valence-corrected chi connectivity index (χ2v) is 11.5. The fourth-order valence-electron chi connectivity index (χ4n) is 4.70. The Morgan fingerprint density at radius 1 is 1.09 bits per heavy atom. The Kier molecular flexibility index (Phi) is 13.9. The summed E-state index contributed by atoms with van der Waals surface area (Å²) < 4.78 is 35.8. The SMILES string of the molecule is CC1CCN(C(=O)C(c2ccc(F)cc2F)n2cnc(NC(=O)[C@@H](COCc3ccccc3)NC(=O)C(C)(C)N)c2)CC1.Cl.Cl. The van der Waals surface area contributed by atoms with Crippen LogP contribution in [-0.4, -0.2) is 63.4 Å². The van der Waals surface area contributed by atoms with Gasteiger partial charge in [-0.15, -0.1) is 24.8 Å². The van der Waals surface area contributed by atoms with Crippen LogP contribution in [0, 0.1) is 17.6 Å². The number of carbonyl (C=O) groups is 3. The maximum atomic E-state index is 15.0.